The molecule has 1 fully saturated rings. The Kier molecular flexibility index (Phi) is 5.74. The van der Waals surface area contributed by atoms with Gasteiger partial charge in [-0.2, -0.15) is 5.10 Å². The van der Waals surface area contributed by atoms with E-state index >= 15 is 0 Å². The van der Waals surface area contributed by atoms with Crippen molar-refractivity contribution in [2.75, 3.05) is 31.1 Å². The first-order chi connectivity index (χ1) is 14.5. The van der Waals surface area contributed by atoms with Crippen LogP contribution >= 0.6 is 0 Å². The monoisotopic (exact) mass is 410 g/mol. The lowest BCUT2D eigenvalue weighted by Crippen LogP contribution is -2.46. The van der Waals surface area contributed by atoms with Gasteiger partial charge in [0.2, 0.25) is 5.95 Å². The van der Waals surface area contributed by atoms with E-state index in [0.717, 1.165) is 55.2 Å². The summed E-state index contributed by atoms with van der Waals surface area (Å²) in [5.74, 6) is -0.143. The number of hydrogen-bond acceptors (Lipinski definition) is 5. The van der Waals surface area contributed by atoms with Gasteiger partial charge in [-0.25, -0.2) is 18.7 Å². The molecule has 3 heterocycles. The van der Waals surface area contributed by atoms with Crippen molar-refractivity contribution in [3.8, 4) is 11.3 Å². The Morgan fingerprint density at radius 1 is 1.00 bits per heavy atom. The topological polar surface area (TPSA) is 50.1 Å². The molecule has 8 heteroatoms. The van der Waals surface area contributed by atoms with Crippen LogP contribution in [0.1, 0.15) is 12.6 Å². The minimum atomic E-state index is -0.434. The average Bonchev–Trinajstić information content (AvgIpc) is 3.17. The summed E-state index contributed by atoms with van der Waals surface area (Å²) in [6.45, 7) is 10.0. The second-order valence-corrected chi connectivity index (χ2v) is 7.28. The van der Waals surface area contributed by atoms with Gasteiger partial charge in [0.05, 0.1) is 24.6 Å². The van der Waals surface area contributed by atoms with E-state index < -0.39 is 5.82 Å². The minimum absolute atomic E-state index is 0.257. The smallest absolute Gasteiger partial charge is 0.225 e. The van der Waals surface area contributed by atoms with Crippen molar-refractivity contribution in [3.05, 3.63) is 72.3 Å². The van der Waals surface area contributed by atoms with Crippen molar-refractivity contribution in [1.82, 2.24) is 24.6 Å². The zero-order chi connectivity index (χ0) is 21.1. The fourth-order valence-corrected chi connectivity index (χ4v) is 3.60. The fourth-order valence-electron chi connectivity index (χ4n) is 3.60. The molecule has 0 amide bonds. The quantitative estimate of drug-likeness (QED) is 0.622. The lowest BCUT2D eigenvalue weighted by Gasteiger charge is -2.37. The Morgan fingerprint density at radius 3 is 2.30 bits per heavy atom. The molecule has 0 atom stereocenters. The molecule has 4 rings (SSSR count). The van der Waals surface area contributed by atoms with Crippen LogP contribution in [0.25, 0.3) is 11.3 Å². The number of anilines is 1. The molecular weight excluding hydrogens is 386 g/mol. The van der Waals surface area contributed by atoms with Gasteiger partial charge in [0.1, 0.15) is 5.82 Å². The number of aromatic nitrogens is 4. The summed E-state index contributed by atoms with van der Waals surface area (Å²) in [7, 11) is 0. The Balaban J connectivity index is 1.40. The molecule has 0 saturated carbocycles. The Hall–Kier alpha value is -3.29. The Morgan fingerprint density at radius 2 is 1.67 bits per heavy atom. The molecule has 0 radical (unpaired) electrons. The summed E-state index contributed by atoms with van der Waals surface area (Å²) in [6, 6.07) is 8.43. The summed E-state index contributed by atoms with van der Waals surface area (Å²) in [4.78, 5) is 12.4. The van der Waals surface area contributed by atoms with Crippen LogP contribution in [-0.4, -0.2) is 50.8 Å². The molecule has 30 heavy (non-hydrogen) atoms. The molecule has 0 spiro atoms. The fraction of sp³-hybridized carbons (Fsp3) is 0.318. The maximum Gasteiger partial charge on any atom is 0.225 e. The number of halogens is 2. The number of aryl methyl sites for hydroxylation is 1. The Labute approximate surface area is 174 Å². The maximum atomic E-state index is 13.2. The van der Waals surface area contributed by atoms with Crippen LogP contribution in [0.5, 0.6) is 0 Å². The number of allylic oxidation sites excluding steroid dienone is 1. The van der Waals surface area contributed by atoms with Crippen molar-refractivity contribution < 1.29 is 8.78 Å². The van der Waals surface area contributed by atoms with Crippen LogP contribution in [0.4, 0.5) is 14.7 Å². The highest BCUT2D eigenvalue weighted by atomic mass is 19.1. The average molecular weight is 410 g/mol. The molecule has 0 bridgehead atoms. The van der Waals surface area contributed by atoms with Crippen LogP contribution < -0.4 is 4.90 Å². The third-order valence-corrected chi connectivity index (χ3v) is 5.31. The molecule has 0 unspecified atom stereocenters. The van der Waals surface area contributed by atoms with Crippen LogP contribution in [0.2, 0.25) is 0 Å². The summed E-state index contributed by atoms with van der Waals surface area (Å²) < 4.78 is 28.2. The molecule has 3 aromatic rings. The normalized spacial score (nSPS) is 14.2. The van der Waals surface area contributed by atoms with Gasteiger partial charge in [0, 0.05) is 43.1 Å². The number of rotatable bonds is 6. The highest BCUT2D eigenvalue weighted by Crippen LogP contribution is 2.21. The van der Waals surface area contributed by atoms with E-state index in [-0.39, 0.29) is 5.82 Å². The van der Waals surface area contributed by atoms with E-state index in [4.69, 9.17) is 5.10 Å². The second kappa shape index (κ2) is 8.61. The molecule has 0 N–H and O–H groups in total. The molecule has 1 aliphatic rings. The van der Waals surface area contributed by atoms with E-state index in [2.05, 4.69) is 28.4 Å². The molecule has 0 aliphatic carbocycles. The van der Waals surface area contributed by atoms with Crippen molar-refractivity contribution >= 4 is 5.95 Å². The van der Waals surface area contributed by atoms with Crippen molar-refractivity contribution in [3.63, 3.8) is 0 Å². The SMILES string of the molecule is C=C(Cn1nc(-c2ccc(F)cc2)cc1CC)N1CCN(c2ncc(F)cn2)CC1. The molecule has 1 aliphatic heterocycles. The van der Waals surface area contributed by atoms with Crippen molar-refractivity contribution in [2.45, 2.75) is 19.9 Å². The first kappa shape index (κ1) is 20.0. The number of benzene rings is 1. The first-order valence-electron chi connectivity index (χ1n) is 10.0. The van der Waals surface area contributed by atoms with Crippen molar-refractivity contribution in [1.29, 1.82) is 0 Å². The van der Waals surface area contributed by atoms with E-state index in [1.165, 1.54) is 24.5 Å². The summed E-state index contributed by atoms with van der Waals surface area (Å²) >= 11 is 0. The molecule has 6 nitrogen and oxygen atoms in total. The zero-order valence-electron chi connectivity index (χ0n) is 16.9. The van der Waals surface area contributed by atoms with E-state index in [1.54, 1.807) is 12.1 Å². The number of piperazine rings is 1. The standard InChI is InChI=1S/C22H24F2N6/c1-3-20-12-21(17-4-6-18(23)7-5-17)27-30(20)15-16(2)28-8-10-29(11-9-28)22-25-13-19(24)14-26-22/h4-7,12-14H,2-3,8-11,15H2,1H3. The van der Waals surface area contributed by atoms with Gasteiger partial charge in [-0.1, -0.05) is 13.5 Å². The highest BCUT2D eigenvalue weighted by Gasteiger charge is 2.21. The lowest BCUT2D eigenvalue weighted by atomic mass is 10.1. The van der Waals surface area contributed by atoms with Crippen molar-refractivity contribution in [2.24, 2.45) is 0 Å². The summed E-state index contributed by atoms with van der Waals surface area (Å²) in [5, 5.41) is 4.73. The highest BCUT2D eigenvalue weighted by molar-refractivity contribution is 5.59. The van der Waals surface area contributed by atoms with E-state index in [0.29, 0.717) is 12.5 Å². The van der Waals surface area contributed by atoms with Crippen LogP contribution in [0.3, 0.4) is 0 Å². The zero-order valence-corrected chi connectivity index (χ0v) is 16.9. The van der Waals surface area contributed by atoms with E-state index in [1.807, 2.05) is 15.6 Å². The summed E-state index contributed by atoms with van der Waals surface area (Å²) in [6.07, 6.45) is 3.23. The maximum absolute atomic E-state index is 13.2. The number of nitrogens with zero attached hydrogens (tertiary/aromatic N) is 6. The molecular formula is C22H24F2N6. The van der Waals surface area contributed by atoms with Gasteiger partial charge in [-0.05, 0) is 36.8 Å². The lowest BCUT2D eigenvalue weighted by molar-refractivity contribution is 0.301. The third kappa shape index (κ3) is 4.32. The second-order valence-electron chi connectivity index (χ2n) is 7.28. The predicted molar refractivity (Wildman–Crippen MR) is 112 cm³/mol. The van der Waals surface area contributed by atoms with Crippen LogP contribution in [0.15, 0.2) is 55.0 Å². The van der Waals surface area contributed by atoms with E-state index in [9.17, 15) is 8.78 Å². The molecule has 156 valence electrons. The van der Waals surface area contributed by atoms with Gasteiger partial charge >= 0.3 is 0 Å². The Bertz CT molecular complexity index is 1010. The third-order valence-electron chi connectivity index (χ3n) is 5.31. The number of hydrogen-bond donors (Lipinski definition) is 0. The van der Waals surface area contributed by atoms with Gasteiger partial charge in [0.15, 0.2) is 5.82 Å². The van der Waals surface area contributed by atoms with Gasteiger partial charge < -0.3 is 9.80 Å². The summed E-state index contributed by atoms with van der Waals surface area (Å²) in [5.41, 5.74) is 3.81. The molecule has 2 aromatic heterocycles. The largest absolute Gasteiger partial charge is 0.370 e. The van der Waals surface area contributed by atoms with Crippen LogP contribution in [-0.2, 0) is 13.0 Å². The van der Waals surface area contributed by atoms with Gasteiger partial charge in [0.25, 0.3) is 0 Å². The molecule has 1 saturated heterocycles. The predicted octanol–water partition coefficient (Wildman–Crippen LogP) is 3.52. The van der Waals surface area contributed by atoms with Crippen LogP contribution in [0, 0.1) is 11.6 Å². The first-order valence-corrected chi connectivity index (χ1v) is 10.0. The minimum Gasteiger partial charge on any atom is -0.370 e. The van der Waals surface area contributed by atoms with Gasteiger partial charge in [-0.3, -0.25) is 4.68 Å². The van der Waals surface area contributed by atoms with Gasteiger partial charge in [-0.15, -0.1) is 0 Å². The molecule has 1 aromatic carbocycles.